The molecule has 1 N–H and O–H groups in total. The first kappa shape index (κ1) is 13.7. The van der Waals surface area contributed by atoms with Crippen LogP contribution in [0.3, 0.4) is 0 Å². The maximum atomic E-state index is 11.8. The lowest BCUT2D eigenvalue weighted by molar-refractivity contribution is 0.0989. The summed E-state index contributed by atoms with van der Waals surface area (Å²) in [5.41, 5.74) is 0.670. The van der Waals surface area contributed by atoms with Crippen LogP contribution in [-0.2, 0) is 4.74 Å². The van der Waals surface area contributed by atoms with Crippen LogP contribution < -0.4 is 10.1 Å². The van der Waals surface area contributed by atoms with Crippen LogP contribution in [0, 0.1) is 0 Å². The summed E-state index contributed by atoms with van der Waals surface area (Å²) in [5, 5.41) is 3.09. The molecule has 0 spiro atoms. The van der Waals surface area contributed by atoms with Gasteiger partial charge >= 0.3 is 0 Å². The van der Waals surface area contributed by atoms with Crippen LogP contribution in [0.25, 0.3) is 0 Å². The number of carbonyl (C=O) groups excluding carboxylic acids is 1. The minimum absolute atomic E-state index is 0.0707. The predicted molar refractivity (Wildman–Crippen MR) is 66.7 cm³/mol. The van der Waals surface area contributed by atoms with Crippen molar-refractivity contribution in [1.29, 1.82) is 0 Å². The molecule has 0 aliphatic carbocycles. The molecule has 1 aromatic carbocycles. The average molecular weight is 237 g/mol. The second-order valence-corrected chi connectivity index (χ2v) is 3.68. The molecule has 0 atom stereocenters. The molecule has 1 aromatic rings. The van der Waals surface area contributed by atoms with Crippen LogP contribution in [0.4, 0.5) is 0 Å². The highest BCUT2D eigenvalue weighted by Crippen LogP contribution is 2.12. The minimum Gasteiger partial charge on any atom is -0.497 e. The van der Waals surface area contributed by atoms with Crippen molar-refractivity contribution in [3.8, 4) is 5.75 Å². The Labute approximate surface area is 102 Å². The normalized spacial score (nSPS) is 10.2. The van der Waals surface area contributed by atoms with E-state index in [1.54, 1.807) is 26.4 Å². The van der Waals surface area contributed by atoms with E-state index in [9.17, 15) is 4.79 Å². The van der Waals surface area contributed by atoms with Gasteiger partial charge in [0, 0.05) is 19.3 Å². The number of benzene rings is 1. The summed E-state index contributed by atoms with van der Waals surface area (Å²) >= 11 is 0. The summed E-state index contributed by atoms with van der Waals surface area (Å²) in [5.74, 6) is 0.775. The second-order valence-electron chi connectivity index (χ2n) is 3.68. The molecule has 4 heteroatoms. The Morgan fingerprint density at radius 2 is 2.18 bits per heavy atom. The number of ketones is 1. The quantitative estimate of drug-likeness (QED) is 0.550. The van der Waals surface area contributed by atoms with Crippen molar-refractivity contribution >= 4 is 5.78 Å². The van der Waals surface area contributed by atoms with E-state index in [1.165, 1.54) is 0 Å². The zero-order chi connectivity index (χ0) is 12.5. The summed E-state index contributed by atoms with van der Waals surface area (Å²) in [6.45, 7) is 1.83. The van der Waals surface area contributed by atoms with Crippen molar-refractivity contribution in [1.82, 2.24) is 5.32 Å². The van der Waals surface area contributed by atoms with Crippen molar-refractivity contribution in [2.75, 3.05) is 33.9 Å². The zero-order valence-corrected chi connectivity index (χ0v) is 10.4. The van der Waals surface area contributed by atoms with Gasteiger partial charge in [-0.1, -0.05) is 12.1 Å². The van der Waals surface area contributed by atoms with Crippen molar-refractivity contribution in [3.63, 3.8) is 0 Å². The first-order valence-electron chi connectivity index (χ1n) is 5.65. The molecule has 4 nitrogen and oxygen atoms in total. The van der Waals surface area contributed by atoms with E-state index in [1.807, 2.05) is 12.1 Å². The lowest BCUT2D eigenvalue weighted by Crippen LogP contribution is -2.24. The number of rotatable bonds is 8. The molecule has 0 amide bonds. The maximum absolute atomic E-state index is 11.8. The van der Waals surface area contributed by atoms with Gasteiger partial charge in [0.25, 0.3) is 0 Å². The molecule has 0 saturated carbocycles. The summed E-state index contributed by atoms with van der Waals surface area (Å²) in [7, 11) is 3.26. The third kappa shape index (κ3) is 4.97. The van der Waals surface area contributed by atoms with E-state index in [0.29, 0.717) is 24.5 Å². The number of methoxy groups -OCH3 is 2. The number of hydrogen-bond acceptors (Lipinski definition) is 4. The highest BCUT2D eigenvalue weighted by atomic mass is 16.5. The fourth-order valence-electron chi connectivity index (χ4n) is 1.44. The monoisotopic (exact) mass is 237 g/mol. The number of carbonyl (C=O) groups is 1. The molecule has 0 aliphatic rings. The SMILES string of the molecule is COCCCNCC(=O)c1cccc(OC)c1. The van der Waals surface area contributed by atoms with Gasteiger partial charge in [-0.15, -0.1) is 0 Å². The van der Waals surface area contributed by atoms with Gasteiger partial charge in [-0.25, -0.2) is 0 Å². The van der Waals surface area contributed by atoms with Crippen LogP contribution in [0.5, 0.6) is 5.75 Å². The van der Waals surface area contributed by atoms with E-state index in [2.05, 4.69) is 5.32 Å². The molecule has 17 heavy (non-hydrogen) atoms. The number of Topliss-reactive ketones (excluding diaryl/α,β-unsaturated/α-hetero) is 1. The Hall–Kier alpha value is -1.39. The molecule has 0 saturated heterocycles. The van der Waals surface area contributed by atoms with Gasteiger partial charge in [-0.2, -0.15) is 0 Å². The van der Waals surface area contributed by atoms with Gasteiger partial charge < -0.3 is 14.8 Å². The van der Waals surface area contributed by atoms with Crippen LogP contribution in [0.1, 0.15) is 16.8 Å². The Balaban J connectivity index is 2.36. The summed E-state index contributed by atoms with van der Waals surface area (Å²) in [4.78, 5) is 11.8. The zero-order valence-electron chi connectivity index (χ0n) is 10.4. The van der Waals surface area contributed by atoms with E-state index in [4.69, 9.17) is 9.47 Å². The molecule has 0 aliphatic heterocycles. The Kier molecular flexibility index (Phi) is 6.29. The smallest absolute Gasteiger partial charge is 0.176 e. The molecule has 94 valence electrons. The average Bonchev–Trinajstić information content (AvgIpc) is 2.38. The van der Waals surface area contributed by atoms with Crippen molar-refractivity contribution in [2.45, 2.75) is 6.42 Å². The van der Waals surface area contributed by atoms with E-state index in [-0.39, 0.29) is 5.78 Å². The topological polar surface area (TPSA) is 47.6 Å². The number of ether oxygens (including phenoxy) is 2. The standard InChI is InChI=1S/C13H19NO3/c1-16-8-4-7-14-10-13(15)11-5-3-6-12(9-11)17-2/h3,5-6,9,14H,4,7-8,10H2,1-2H3. The molecule has 0 aromatic heterocycles. The number of nitrogens with one attached hydrogen (secondary N) is 1. The highest BCUT2D eigenvalue weighted by Gasteiger charge is 2.05. The molecule has 0 radical (unpaired) electrons. The summed E-state index contributed by atoms with van der Waals surface area (Å²) < 4.78 is 10.00. The third-order valence-corrected chi connectivity index (χ3v) is 2.38. The molecule has 0 unspecified atom stereocenters. The Bertz CT molecular complexity index is 352. The van der Waals surface area contributed by atoms with Gasteiger partial charge in [0.05, 0.1) is 13.7 Å². The van der Waals surface area contributed by atoms with Gasteiger partial charge in [-0.05, 0) is 25.1 Å². The van der Waals surface area contributed by atoms with E-state index < -0.39 is 0 Å². The summed E-state index contributed by atoms with van der Waals surface area (Å²) in [6, 6.07) is 7.18. The fourth-order valence-corrected chi connectivity index (χ4v) is 1.44. The summed E-state index contributed by atoms with van der Waals surface area (Å²) in [6.07, 6.45) is 0.905. The first-order chi connectivity index (χ1) is 8.27. The lowest BCUT2D eigenvalue weighted by Gasteiger charge is -2.05. The molecule has 0 heterocycles. The van der Waals surface area contributed by atoms with E-state index in [0.717, 1.165) is 13.0 Å². The first-order valence-corrected chi connectivity index (χ1v) is 5.65. The highest BCUT2D eigenvalue weighted by molar-refractivity contribution is 5.97. The Morgan fingerprint density at radius 1 is 1.35 bits per heavy atom. The minimum atomic E-state index is 0.0707. The molecule has 0 fully saturated rings. The van der Waals surface area contributed by atoms with Crippen molar-refractivity contribution < 1.29 is 14.3 Å². The second kappa shape index (κ2) is 7.81. The molecular formula is C13H19NO3. The van der Waals surface area contributed by atoms with Gasteiger partial charge in [0.15, 0.2) is 5.78 Å². The van der Waals surface area contributed by atoms with Crippen LogP contribution >= 0.6 is 0 Å². The van der Waals surface area contributed by atoms with Crippen molar-refractivity contribution in [3.05, 3.63) is 29.8 Å². The molecule has 1 rings (SSSR count). The van der Waals surface area contributed by atoms with Crippen LogP contribution in [0.15, 0.2) is 24.3 Å². The van der Waals surface area contributed by atoms with Crippen molar-refractivity contribution in [2.24, 2.45) is 0 Å². The maximum Gasteiger partial charge on any atom is 0.176 e. The number of hydrogen-bond donors (Lipinski definition) is 1. The molecular weight excluding hydrogens is 218 g/mol. The van der Waals surface area contributed by atoms with E-state index >= 15 is 0 Å². The van der Waals surface area contributed by atoms with Crippen LogP contribution in [-0.4, -0.2) is 39.7 Å². The fraction of sp³-hybridized carbons (Fsp3) is 0.462. The van der Waals surface area contributed by atoms with Gasteiger partial charge in [-0.3, -0.25) is 4.79 Å². The van der Waals surface area contributed by atoms with Gasteiger partial charge in [0.1, 0.15) is 5.75 Å². The third-order valence-electron chi connectivity index (χ3n) is 2.38. The lowest BCUT2D eigenvalue weighted by atomic mass is 10.1. The molecule has 0 bridgehead atoms. The predicted octanol–water partition coefficient (Wildman–Crippen LogP) is 1.50. The largest absolute Gasteiger partial charge is 0.497 e. The van der Waals surface area contributed by atoms with Gasteiger partial charge in [0.2, 0.25) is 0 Å². The van der Waals surface area contributed by atoms with Crippen LogP contribution in [0.2, 0.25) is 0 Å². The Morgan fingerprint density at radius 3 is 2.88 bits per heavy atom.